The van der Waals surface area contributed by atoms with E-state index < -0.39 is 5.54 Å². The average molecular weight is 431 g/mol. The number of aromatic nitrogens is 2. The van der Waals surface area contributed by atoms with Gasteiger partial charge in [-0.05, 0) is 43.9 Å². The molecular formula is C26H30N4O2. The number of nitrogens with one attached hydrogen (secondary N) is 1. The van der Waals surface area contributed by atoms with Gasteiger partial charge < -0.3 is 14.8 Å². The maximum atomic E-state index is 13.7. The molecule has 0 bridgehead atoms. The van der Waals surface area contributed by atoms with Gasteiger partial charge in [-0.3, -0.25) is 9.59 Å². The number of amides is 2. The van der Waals surface area contributed by atoms with Crippen molar-refractivity contribution in [3.05, 3.63) is 66.0 Å². The molecule has 2 aliphatic rings. The van der Waals surface area contributed by atoms with Crippen molar-refractivity contribution in [2.45, 2.75) is 63.6 Å². The summed E-state index contributed by atoms with van der Waals surface area (Å²) >= 11 is 0. The minimum atomic E-state index is -0.972. The van der Waals surface area contributed by atoms with E-state index in [9.17, 15) is 9.59 Å². The fraction of sp³-hybridized carbons (Fsp3) is 0.423. The summed E-state index contributed by atoms with van der Waals surface area (Å²) in [5.41, 5.74) is 1.86. The Balaban J connectivity index is 1.49. The minimum Gasteiger partial charge on any atom is -0.351 e. The molecule has 1 aromatic heterocycles. The molecule has 1 aliphatic carbocycles. The van der Waals surface area contributed by atoms with Crippen molar-refractivity contribution < 1.29 is 9.59 Å². The number of carbonyl (C=O) groups excluding carboxylic acids is 2. The number of imidazole rings is 1. The van der Waals surface area contributed by atoms with Gasteiger partial charge in [-0.15, -0.1) is 0 Å². The van der Waals surface area contributed by atoms with Gasteiger partial charge in [-0.2, -0.15) is 0 Å². The molecule has 1 N–H and O–H groups in total. The van der Waals surface area contributed by atoms with Gasteiger partial charge in [0.1, 0.15) is 5.54 Å². The number of hydrogen-bond donors (Lipinski definition) is 1. The van der Waals surface area contributed by atoms with Crippen molar-refractivity contribution >= 4 is 22.8 Å². The zero-order valence-electron chi connectivity index (χ0n) is 18.6. The van der Waals surface area contributed by atoms with Gasteiger partial charge in [-0.1, -0.05) is 61.7 Å². The van der Waals surface area contributed by atoms with Crippen molar-refractivity contribution in [3.63, 3.8) is 0 Å². The van der Waals surface area contributed by atoms with Gasteiger partial charge >= 0.3 is 0 Å². The zero-order chi connectivity index (χ0) is 22.1. The molecule has 1 saturated carbocycles. The number of benzene rings is 2. The Morgan fingerprint density at radius 1 is 1.06 bits per heavy atom. The third-order valence-electron chi connectivity index (χ3n) is 7.05. The van der Waals surface area contributed by atoms with E-state index in [1.807, 2.05) is 54.0 Å². The van der Waals surface area contributed by atoms with Crippen LogP contribution < -0.4 is 5.32 Å². The van der Waals surface area contributed by atoms with Gasteiger partial charge in [-0.25, -0.2) is 4.98 Å². The van der Waals surface area contributed by atoms with Crippen molar-refractivity contribution in [3.8, 4) is 0 Å². The Morgan fingerprint density at radius 2 is 1.78 bits per heavy atom. The highest BCUT2D eigenvalue weighted by Gasteiger charge is 2.48. The topological polar surface area (TPSA) is 67.2 Å². The molecule has 1 unspecified atom stereocenters. The standard InChI is InChI=1S/C26H30N4O2/c1-26(25(32)27-20-12-6-3-7-13-20)18-29-22-15-9-8-14-21(22)28-23(29)24(31)30(26)17-16-19-10-4-2-5-11-19/h2,4-5,8-11,14-15,20H,3,6-7,12-13,16-18H2,1H3,(H,27,32). The quantitative estimate of drug-likeness (QED) is 0.667. The number of para-hydroxylation sites is 2. The fourth-order valence-electron chi connectivity index (χ4n) is 5.15. The summed E-state index contributed by atoms with van der Waals surface area (Å²) in [4.78, 5) is 33.7. The van der Waals surface area contributed by atoms with Crippen molar-refractivity contribution in [2.75, 3.05) is 6.54 Å². The Kier molecular flexibility index (Phi) is 5.45. The Bertz CT molecular complexity index is 1130. The lowest BCUT2D eigenvalue weighted by Gasteiger charge is -2.44. The van der Waals surface area contributed by atoms with E-state index in [1.165, 1.54) is 6.42 Å². The third-order valence-corrected chi connectivity index (χ3v) is 7.05. The summed E-state index contributed by atoms with van der Waals surface area (Å²) in [6.07, 6.45) is 6.25. The molecule has 32 heavy (non-hydrogen) atoms. The summed E-state index contributed by atoms with van der Waals surface area (Å²) in [6.45, 7) is 2.79. The van der Waals surface area contributed by atoms with Gasteiger partial charge in [0.2, 0.25) is 5.91 Å². The molecule has 2 heterocycles. The van der Waals surface area contributed by atoms with Crippen LogP contribution in [-0.2, 0) is 17.8 Å². The molecule has 1 atom stereocenters. The van der Waals surface area contributed by atoms with Crippen LogP contribution in [-0.4, -0.2) is 44.4 Å². The molecular weight excluding hydrogens is 400 g/mol. The maximum Gasteiger partial charge on any atom is 0.290 e. The molecule has 0 spiro atoms. The lowest BCUT2D eigenvalue weighted by atomic mass is 9.91. The molecule has 2 aromatic carbocycles. The molecule has 0 radical (unpaired) electrons. The van der Waals surface area contributed by atoms with Crippen LogP contribution in [0.1, 0.15) is 55.2 Å². The third kappa shape index (κ3) is 3.68. The molecule has 6 heteroatoms. The van der Waals surface area contributed by atoms with E-state index >= 15 is 0 Å². The normalized spacial score (nSPS) is 21.5. The molecule has 166 valence electrons. The van der Waals surface area contributed by atoms with Crippen LogP contribution in [0.4, 0.5) is 0 Å². The SMILES string of the molecule is CC1(C(=O)NC2CCCCC2)Cn2c(nc3ccccc32)C(=O)N1CCc1ccccc1. The second-order valence-electron chi connectivity index (χ2n) is 9.28. The van der Waals surface area contributed by atoms with Crippen LogP contribution in [0.5, 0.6) is 0 Å². The van der Waals surface area contributed by atoms with E-state index in [1.54, 1.807) is 4.90 Å². The predicted molar refractivity (Wildman–Crippen MR) is 124 cm³/mol. The molecule has 2 amide bonds. The first-order chi connectivity index (χ1) is 15.6. The molecule has 5 rings (SSSR count). The van der Waals surface area contributed by atoms with E-state index in [4.69, 9.17) is 0 Å². The first-order valence-corrected chi connectivity index (χ1v) is 11.7. The number of hydrogen-bond acceptors (Lipinski definition) is 3. The lowest BCUT2D eigenvalue weighted by Crippen LogP contribution is -2.65. The van der Waals surface area contributed by atoms with Crippen LogP contribution in [0.2, 0.25) is 0 Å². The van der Waals surface area contributed by atoms with Gasteiger partial charge in [0, 0.05) is 12.6 Å². The number of rotatable bonds is 5. The predicted octanol–water partition coefficient (Wildman–Crippen LogP) is 3.94. The van der Waals surface area contributed by atoms with Crippen molar-refractivity contribution in [1.82, 2.24) is 19.8 Å². The van der Waals surface area contributed by atoms with Crippen LogP contribution in [0, 0.1) is 0 Å². The number of carbonyl (C=O) groups is 2. The molecule has 1 aliphatic heterocycles. The summed E-state index contributed by atoms with van der Waals surface area (Å²) in [5.74, 6) is 0.182. The second-order valence-corrected chi connectivity index (χ2v) is 9.28. The summed E-state index contributed by atoms with van der Waals surface area (Å²) in [7, 11) is 0. The molecule has 0 saturated heterocycles. The fourth-order valence-corrected chi connectivity index (χ4v) is 5.15. The van der Waals surface area contributed by atoms with E-state index in [0.717, 1.165) is 42.3 Å². The van der Waals surface area contributed by atoms with Gasteiger partial charge in [0.15, 0.2) is 5.82 Å². The van der Waals surface area contributed by atoms with Gasteiger partial charge in [0.25, 0.3) is 5.91 Å². The smallest absolute Gasteiger partial charge is 0.290 e. The summed E-state index contributed by atoms with van der Waals surface area (Å²) in [5, 5.41) is 3.28. The average Bonchev–Trinajstić information content (AvgIpc) is 3.19. The van der Waals surface area contributed by atoms with Crippen LogP contribution in [0.15, 0.2) is 54.6 Å². The maximum absolute atomic E-state index is 13.7. The first kappa shape index (κ1) is 20.7. The summed E-state index contributed by atoms with van der Waals surface area (Å²) in [6, 6.07) is 18.1. The lowest BCUT2D eigenvalue weighted by molar-refractivity contribution is -0.133. The Hall–Kier alpha value is -3.15. The number of nitrogens with zero attached hydrogens (tertiary/aromatic N) is 3. The zero-order valence-corrected chi connectivity index (χ0v) is 18.6. The van der Waals surface area contributed by atoms with Crippen molar-refractivity contribution in [1.29, 1.82) is 0 Å². The van der Waals surface area contributed by atoms with Crippen molar-refractivity contribution in [2.24, 2.45) is 0 Å². The Labute approximate surface area is 188 Å². The first-order valence-electron chi connectivity index (χ1n) is 11.7. The Morgan fingerprint density at radius 3 is 2.56 bits per heavy atom. The molecule has 3 aromatic rings. The van der Waals surface area contributed by atoms with Crippen LogP contribution in [0.3, 0.4) is 0 Å². The largest absolute Gasteiger partial charge is 0.351 e. The van der Waals surface area contributed by atoms with E-state index in [2.05, 4.69) is 22.4 Å². The summed E-state index contributed by atoms with van der Waals surface area (Å²) < 4.78 is 1.93. The molecule has 1 fully saturated rings. The highest BCUT2D eigenvalue weighted by atomic mass is 16.2. The van der Waals surface area contributed by atoms with Gasteiger partial charge in [0.05, 0.1) is 17.6 Å². The number of fused-ring (bicyclic) bond motifs is 3. The molecule has 6 nitrogen and oxygen atoms in total. The second kappa shape index (κ2) is 8.41. The van der Waals surface area contributed by atoms with Crippen LogP contribution in [0.25, 0.3) is 11.0 Å². The van der Waals surface area contributed by atoms with Crippen LogP contribution >= 0.6 is 0 Å². The van der Waals surface area contributed by atoms with E-state index in [0.29, 0.717) is 25.3 Å². The minimum absolute atomic E-state index is 0.0609. The van der Waals surface area contributed by atoms with E-state index in [-0.39, 0.29) is 17.9 Å². The highest BCUT2D eigenvalue weighted by Crippen LogP contribution is 2.31. The monoisotopic (exact) mass is 430 g/mol. The highest BCUT2D eigenvalue weighted by molar-refractivity contribution is 6.01.